The van der Waals surface area contributed by atoms with E-state index >= 15 is 0 Å². The molecule has 0 aromatic carbocycles. The molecule has 1 amide bonds. The van der Waals surface area contributed by atoms with Crippen LogP contribution >= 0.6 is 0 Å². The third-order valence-corrected chi connectivity index (χ3v) is 4.90. The van der Waals surface area contributed by atoms with Gasteiger partial charge in [0.1, 0.15) is 24.1 Å². The Kier molecular flexibility index (Phi) is 4.53. The van der Waals surface area contributed by atoms with Gasteiger partial charge in [0.2, 0.25) is 5.91 Å². The zero-order valence-electron chi connectivity index (χ0n) is 14.7. The molecule has 1 saturated heterocycles. The maximum absolute atomic E-state index is 12.7. The number of piperidine rings is 1. The number of Topliss-reactive ketones (excluding diaryl/α,β-unsaturated/α-hetero) is 1. The second-order valence-electron chi connectivity index (χ2n) is 6.65. The van der Waals surface area contributed by atoms with E-state index in [2.05, 4.69) is 10.1 Å². The Morgan fingerprint density at radius 3 is 2.89 bits per heavy atom. The van der Waals surface area contributed by atoms with E-state index in [1.165, 1.54) is 11.0 Å². The molecule has 0 bridgehead atoms. The van der Waals surface area contributed by atoms with E-state index in [1.807, 2.05) is 0 Å². The van der Waals surface area contributed by atoms with E-state index in [0.717, 1.165) is 12.8 Å². The number of fused-ring (bicyclic) bond motifs is 1. The summed E-state index contributed by atoms with van der Waals surface area (Å²) in [7, 11) is 0. The molecule has 3 aromatic heterocycles. The van der Waals surface area contributed by atoms with Gasteiger partial charge in [0.25, 0.3) is 5.56 Å². The molecule has 1 atom stereocenters. The molecule has 3 aromatic rings. The van der Waals surface area contributed by atoms with Gasteiger partial charge in [-0.05, 0) is 37.1 Å². The van der Waals surface area contributed by atoms with Gasteiger partial charge in [-0.3, -0.25) is 19.4 Å². The number of carbonyl (C=O) groups excluding carboxylic acids is 2. The van der Waals surface area contributed by atoms with Gasteiger partial charge in [0, 0.05) is 31.4 Å². The Balaban J connectivity index is 1.47. The van der Waals surface area contributed by atoms with E-state index < -0.39 is 0 Å². The van der Waals surface area contributed by atoms with Gasteiger partial charge >= 0.3 is 0 Å². The second-order valence-corrected chi connectivity index (χ2v) is 6.65. The molecule has 8 nitrogen and oxygen atoms in total. The summed E-state index contributed by atoms with van der Waals surface area (Å²) in [6.07, 6.45) is 6.30. The normalized spacial score (nSPS) is 17.2. The van der Waals surface area contributed by atoms with Crippen molar-refractivity contribution in [3.8, 4) is 0 Å². The van der Waals surface area contributed by atoms with Crippen molar-refractivity contribution in [3.63, 3.8) is 0 Å². The first kappa shape index (κ1) is 17.1. The van der Waals surface area contributed by atoms with Crippen molar-refractivity contribution in [1.29, 1.82) is 0 Å². The molecule has 0 N–H and O–H groups in total. The number of amides is 1. The van der Waals surface area contributed by atoms with Crippen molar-refractivity contribution in [2.45, 2.75) is 19.4 Å². The van der Waals surface area contributed by atoms with Crippen LogP contribution in [0.5, 0.6) is 0 Å². The maximum Gasteiger partial charge on any atom is 0.291 e. The maximum atomic E-state index is 12.7. The number of hydrogen-bond donors (Lipinski definition) is 0. The number of rotatable bonds is 4. The molecular formula is C19H19N5O3. The Hall–Kier alpha value is -3.29. The highest BCUT2D eigenvalue weighted by Gasteiger charge is 2.29. The summed E-state index contributed by atoms with van der Waals surface area (Å²) >= 11 is 0. The number of likely N-dealkylation sites (tertiary alicyclic amines) is 1. The van der Waals surface area contributed by atoms with E-state index in [0.29, 0.717) is 24.3 Å². The average molecular weight is 365 g/mol. The lowest BCUT2D eigenvalue weighted by atomic mass is 9.92. The van der Waals surface area contributed by atoms with Crippen molar-refractivity contribution < 1.29 is 9.59 Å². The van der Waals surface area contributed by atoms with Crippen LogP contribution in [-0.2, 0) is 11.3 Å². The molecule has 4 heterocycles. The third kappa shape index (κ3) is 3.38. The van der Waals surface area contributed by atoms with Crippen molar-refractivity contribution in [2.75, 3.05) is 13.1 Å². The first-order valence-electron chi connectivity index (χ1n) is 8.89. The predicted molar refractivity (Wildman–Crippen MR) is 97.3 cm³/mol. The van der Waals surface area contributed by atoms with Crippen molar-refractivity contribution in [2.24, 2.45) is 5.92 Å². The summed E-state index contributed by atoms with van der Waals surface area (Å²) in [6, 6.07) is 8.68. The third-order valence-electron chi connectivity index (χ3n) is 4.90. The summed E-state index contributed by atoms with van der Waals surface area (Å²) in [6.45, 7) is 0.786. The summed E-state index contributed by atoms with van der Waals surface area (Å²) in [4.78, 5) is 43.5. The van der Waals surface area contributed by atoms with Crippen LogP contribution in [0.1, 0.15) is 23.3 Å². The number of aromatic nitrogens is 4. The van der Waals surface area contributed by atoms with Gasteiger partial charge in [-0.1, -0.05) is 6.07 Å². The van der Waals surface area contributed by atoms with Crippen molar-refractivity contribution in [3.05, 3.63) is 65.1 Å². The van der Waals surface area contributed by atoms with Crippen LogP contribution in [-0.4, -0.2) is 48.8 Å². The second kappa shape index (κ2) is 7.14. The van der Waals surface area contributed by atoms with Crippen LogP contribution in [0.4, 0.5) is 0 Å². The van der Waals surface area contributed by atoms with Crippen LogP contribution in [0.2, 0.25) is 0 Å². The minimum atomic E-state index is -0.311. The molecule has 4 rings (SSSR count). The van der Waals surface area contributed by atoms with Gasteiger partial charge in [-0.2, -0.15) is 5.10 Å². The minimum absolute atomic E-state index is 0.0435. The first-order valence-corrected chi connectivity index (χ1v) is 8.89. The number of ketones is 1. The molecule has 0 saturated carbocycles. The molecule has 1 fully saturated rings. The van der Waals surface area contributed by atoms with E-state index in [9.17, 15) is 14.4 Å². The molecule has 8 heteroatoms. The average Bonchev–Trinajstić information content (AvgIpc) is 3.20. The number of hydrogen-bond acceptors (Lipinski definition) is 5. The van der Waals surface area contributed by atoms with Crippen molar-refractivity contribution >= 4 is 17.2 Å². The predicted octanol–water partition coefficient (Wildman–Crippen LogP) is 1.01. The molecule has 0 radical (unpaired) electrons. The molecular weight excluding hydrogens is 346 g/mol. The van der Waals surface area contributed by atoms with Crippen molar-refractivity contribution in [1.82, 2.24) is 24.1 Å². The van der Waals surface area contributed by atoms with Crippen LogP contribution in [0.3, 0.4) is 0 Å². The molecule has 0 unspecified atom stereocenters. The molecule has 1 aliphatic heterocycles. The highest BCUT2D eigenvalue weighted by Crippen LogP contribution is 2.20. The summed E-state index contributed by atoms with van der Waals surface area (Å²) in [5, 5.41) is 4.06. The van der Waals surface area contributed by atoms with Crippen LogP contribution < -0.4 is 5.56 Å². The molecule has 27 heavy (non-hydrogen) atoms. The number of pyridine rings is 1. The Morgan fingerprint density at radius 2 is 2.07 bits per heavy atom. The van der Waals surface area contributed by atoms with E-state index in [4.69, 9.17) is 0 Å². The quantitative estimate of drug-likeness (QED) is 0.644. The van der Waals surface area contributed by atoms with Gasteiger partial charge < -0.3 is 9.30 Å². The van der Waals surface area contributed by atoms with Crippen LogP contribution in [0.25, 0.3) is 5.52 Å². The minimum Gasteiger partial charge on any atom is -0.340 e. The zero-order valence-corrected chi connectivity index (χ0v) is 14.7. The summed E-state index contributed by atoms with van der Waals surface area (Å²) in [5.74, 6) is -0.521. The summed E-state index contributed by atoms with van der Waals surface area (Å²) < 4.78 is 2.79. The largest absolute Gasteiger partial charge is 0.340 e. The number of carbonyl (C=O) groups is 2. The van der Waals surface area contributed by atoms with Gasteiger partial charge in [-0.15, -0.1) is 0 Å². The van der Waals surface area contributed by atoms with Crippen LogP contribution in [0.15, 0.2) is 53.8 Å². The Morgan fingerprint density at radius 1 is 1.19 bits per heavy atom. The lowest BCUT2D eigenvalue weighted by Gasteiger charge is -2.32. The first-order chi connectivity index (χ1) is 13.1. The number of nitrogens with zero attached hydrogens (tertiary/aromatic N) is 5. The van der Waals surface area contributed by atoms with E-state index in [-0.39, 0.29) is 29.7 Å². The fourth-order valence-corrected chi connectivity index (χ4v) is 3.45. The molecule has 0 aliphatic carbocycles. The zero-order chi connectivity index (χ0) is 18.8. The lowest BCUT2D eigenvalue weighted by Crippen LogP contribution is -2.45. The van der Waals surface area contributed by atoms with E-state index in [1.54, 1.807) is 52.0 Å². The monoisotopic (exact) mass is 365 g/mol. The molecule has 138 valence electrons. The Bertz CT molecular complexity index is 1040. The van der Waals surface area contributed by atoms with Gasteiger partial charge in [0.05, 0.1) is 0 Å². The topological polar surface area (TPSA) is 89.6 Å². The highest BCUT2D eigenvalue weighted by molar-refractivity contribution is 5.96. The standard InChI is InChI=1S/C19H19N5O3/c25-17(12-24-19(27)16-7-4-10-23(16)13-21-24)22-9-3-5-14(11-22)18(26)15-6-1-2-8-20-15/h1-2,4,6-8,10,13-14H,3,5,9,11-12H2/t14-/m0/s1. The highest BCUT2D eigenvalue weighted by atomic mass is 16.2. The van der Waals surface area contributed by atoms with Gasteiger partial charge in [-0.25, -0.2) is 4.68 Å². The fraction of sp³-hybridized carbons (Fsp3) is 0.316. The smallest absolute Gasteiger partial charge is 0.291 e. The van der Waals surface area contributed by atoms with Gasteiger partial charge in [0.15, 0.2) is 5.78 Å². The molecule has 1 aliphatic rings. The molecule has 0 spiro atoms. The lowest BCUT2D eigenvalue weighted by molar-refractivity contribution is -0.133. The fourth-order valence-electron chi connectivity index (χ4n) is 3.45. The SMILES string of the molecule is O=C(c1ccccn1)[C@H]1CCCN(C(=O)Cn2ncn3cccc3c2=O)C1. The van der Waals surface area contributed by atoms with Crippen LogP contribution in [0, 0.1) is 5.92 Å². The summed E-state index contributed by atoms with van der Waals surface area (Å²) in [5.41, 5.74) is 0.585. The Labute approximate surface area is 155 Å².